The van der Waals surface area contributed by atoms with Gasteiger partial charge in [0.15, 0.2) is 0 Å². The van der Waals surface area contributed by atoms with Gasteiger partial charge in [0.05, 0.1) is 4.90 Å². The SMILES string of the molecule is CN(CCc1ccccc1)C(=O)Nc1cccc(S(N)(=O)=O)c1. The Morgan fingerprint density at radius 1 is 1.13 bits per heavy atom. The fourth-order valence-corrected chi connectivity index (χ4v) is 2.57. The summed E-state index contributed by atoms with van der Waals surface area (Å²) in [6.45, 7) is 0.546. The van der Waals surface area contributed by atoms with E-state index < -0.39 is 10.0 Å². The number of likely N-dealkylation sites (N-methyl/N-ethyl adjacent to an activating group) is 1. The van der Waals surface area contributed by atoms with Crippen molar-refractivity contribution in [2.24, 2.45) is 5.14 Å². The number of nitrogens with two attached hydrogens (primary N) is 1. The number of carbonyl (C=O) groups is 1. The van der Waals surface area contributed by atoms with E-state index in [-0.39, 0.29) is 10.9 Å². The molecule has 2 rings (SSSR count). The smallest absolute Gasteiger partial charge is 0.321 e. The molecule has 0 heterocycles. The second-order valence-electron chi connectivity index (χ2n) is 5.16. The van der Waals surface area contributed by atoms with Crippen molar-refractivity contribution < 1.29 is 13.2 Å². The molecule has 0 fully saturated rings. The van der Waals surface area contributed by atoms with E-state index in [1.807, 2.05) is 30.3 Å². The Labute approximate surface area is 136 Å². The zero-order valence-electron chi connectivity index (χ0n) is 12.8. The maximum atomic E-state index is 12.1. The maximum Gasteiger partial charge on any atom is 0.321 e. The standard InChI is InChI=1S/C16H19N3O3S/c1-19(11-10-13-6-3-2-4-7-13)16(20)18-14-8-5-9-15(12-14)23(17,21)22/h2-9,12H,10-11H2,1H3,(H,18,20)(H2,17,21,22). The molecule has 0 radical (unpaired) electrons. The summed E-state index contributed by atoms with van der Waals surface area (Å²) < 4.78 is 22.6. The van der Waals surface area contributed by atoms with Crippen LogP contribution in [-0.4, -0.2) is 32.9 Å². The van der Waals surface area contributed by atoms with Crippen LogP contribution in [0.5, 0.6) is 0 Å². The predicted octanol–water partition coefficient (Wildman–Crippen LogP) is 2.04. The molecule has 0 spiro atoms. The van der Waals surface area contributed by atoms with Gasteiger partial charge in [0.1, 0.15) is 0 Å². The largest absolute Gasteiger partial charge is 0.327 e. The minimum Gasteiger partial charge on any atom is -0.327 e. The zero-order valence-corrected chi connectivity index (χ0v) is 13.6. The first-order valence-electron chi connectivity index (χ1n) is 7.05. The van der Waals surface area contributed by atoms with Crippen molar-refractivity contribution in [3.05, 3.63) is 60.2 Å². The molecule has 0 unspecified atom stereocenters. The molecule has 122 valence electrons. The van der Waals surface area contributed by atoms with Crippen molar-refractivity contribution in [2.75, 3.05) is 18.9 Å². The van der Waals surface area contributed by atoms with Gasteiger partial charge in [-0.25, -0.2) is 18.4 Å². The monoisotopic (exact) mass is 333 g/mol. The van der Waals surface area contributed by atoms with Gasteiger partial charge in [0.2, 0.25) is 10.0 Å². The van der Waals surface area contributed by atoms with Crippen LogP contribution < -0.4 is 10.5 Å². The number of nitrogens with one attached hydrogen (secondary N) is 1. The van der Waals surface area contributed by atoms with Crippen molar-refractivity contribution in [3.63, 3.8) is 0 Å². The van der Waals surface area contributed by atoms with Gasteiger partial charge in [-0.2, -0.15) is 0 Å². The molecule has 0 saturated heterocycles. The summed E-state index contributed by atoms with van der Waals surface area (Å²) in [6.07, 6.45) is 0.738. The third-order valence-electron chi connectivity index (χ3n) is 3.34. The van der Waals surface area contributed by atoms with E-state index in [0.717, 1.165) is 12.0 Å². The number of carbonyl (C=O) groups excluding carboxylic acids is 1. The third kappa shape index (κ3) is 5.08. The number of amides is 2. The Morgan fingerprint density at radius 3 is 2.48 bits per heavy atom. The number of benzene rings is 2. The van der Waals surface area contributed by atoms with Crippen LogP contribution in [0.15, 0.2) is 59.5 Å². The molecule has 2 aromatic carbocycles. The number of rotatable bonds is 5. The summed E-state index contributed by atoms with van der Waals surface area (Å²) in [6, 6.07) is 15.4. The summed E-state index contributed by atoms with van der Waals surface area (Å²) in [7, 11) is -2.11. The lowest BCUT2D eigenvalue weighted by Crippen LogP contribution is -2.33. The molecular weight excluding hydrogens is 314 g/mol. The maximum absolute atomic E-state index is 12.1. The number of urea groups is 1. The predicted molar refractivity (Wildman–Crippen MR) is 89.6 cm³/mol. The van der Waals surface area contributed by atoms with Crippen molar-refractivity contribution in [2.45, 2.75) is 11.3 Å². The number of hydrogen-bond acceptors (Lipinski definition) is 3. The van der Waals surface area contributed by atoms with Gasteiger partial charge in [-0.05, 0) is 30.2 Å². The van der Waals surface area contributed by atoms with Crippen LogP contribution >= 0.6 is 0 Å². The van der Waals surface area contributed by atoms with Crippen LogP contribution in [0.3, 0.4) is 0 Å². The third-order valence-corrected chi connectivity index (χ3v) is 4.25. The van der Waals surface area contributed by atoms with Gasteiger partial charge in [-0.3, -0.25) is 0 Å². The molecular formula is C16H19N3O3S. The molecule has 0 aromatic heterocycles. The lowest BCUT2D eigenvalue weighted by molar-refractivity contribution is 0.223. The van der Waals surface area contributed by atoms with Crippen LogP contribution in [0.25, 0.3) is 0 Å². The molecule has 2 amide bonds. The summed E-state index contributed by atoms with van der Waals surface area (Å²) >= 11 is 0. The topological polar surface area (TPSA) is 92.5 Å². The molecule has 6 nitrogen and oxygen atoms in total. The van der Waals surface area contributed by atoms with Gasteiger partial charge in [0, 0.05) is 19.3 Å². The molecule has 7 heteroatoms. The van der Waals surface area contributed by atoms with Crippen molar-refractivity contribution in [1.29, 1.82) is 0 Å². The summed E-state index contributed by atoms with van der Waals surface area (Å²) in [5.41, 5.74) is 1.52. The van der Waals surface area contributed by atoms with Gasteiger partial charge >= 0.3 is 6.03 Å². The summed E-state index contributed by atoms with van der Waals surface area (Å²) in [5, 5.41) is 7.73. The van der Waals surface area contributed by atoms with Gasteiger partial charge < -0.3 is 10.2 Å². The van der Waals surface area contributed by atoms with E-state index in [9.17, 15) is 13.2 Å². The van der Waals surface area contributed by atoms with Crippen LogP contribution in [-0.2, 0) is 16.4 Å². The average molecular weight is 333 g/mol. The highest BCUT2D eigenvalue weighted by atomic mass is 32.2. The number of hydrogen-bond donors (Lipinski definition) is 2. The number of nitrogens with zero attached hydrogens (tertiary/aromatic N) is 1. The van der Waals surface area contributed by atoms with Crippen LogP contribution in [0.4, 0.5) is 10.5 Å². The van der Waals surface area contributed by atoms with Crippen molar-refractivity contribution in [3.8, 4) is 0 Å². The molecule has 0 aliphatic carbocycles. The van der Waals surface area contributed by atoms with E-state index in [2.05, 4.69) is 5.32 Å². The lowest BCUT2D eigenvalue weighted by atomic mass is 10.1. The minimum atomic E-state index is -3.79. The first-order chi connectivity index (χ1) is 10.9. The first kappa shape index (κ1) is 17.0. The summed E-state index contributed by atoms with van der Waals surface area (Å²) in [5.74, 6) is 0. The molecule has 0 saturated carbocycles. The molecule has 23 heavy (non-hydrogen) atoms. The van der Waals surface area contributed by atoms with E-state index in [4.69, 9.17) is 5.14 Å². The van der Waals surface area contributed by atoms with E-state index in [0.29, 0.717) is 12.2 Å². The van der Waals surface area contributed by atoms with Crippen molar-refractivity contribution in [1.82, 2.24) is 4.90 Å². The molecule has 0 aliphatic heterocycles. The Morgan fingerprint density at radius 2 is 1.83 bits per heavy atom. The van der Waals surface area contributed by atoms with Gasteiger partial charge in [-0.1, -0.05) is 36.4 Å². The lowest BCUT2D eigenvalue weighted by Gasteiger charge is -2.18. The van der Waals surface area contributed by atoms with Crippen LogP contribution in [0.2, 0.25) is 0 Å². The van der Waals surface area contributed by atoms with Gasteiger partial charge in [0.25, 0.3) is 0 Å². The van der Waals surface area contributed by atoms with Crippen LogP contribution in [0.1, 0.15) is 5.56 Å². The van der Waals surface area contributed by atoms with E-state index in [1.165, 1.54) is 23.1 Å². The highest BCUT2D eigenvalue weighted by molar-refractivity contribution is 7.89. The van der Waals surface area contributed by atoms with Crippen molar-refractivity contribution >= 4 is 21.7 Å². The van der Waals surface area contributed by atoms with Gasteiger partial charge in [-0.15, -0.1) is 0 Å². The zero-order chi connectivity index (χ0) is 16.9. The second-order valence-corrected chi connectivity index (χ2v) is 6.72. The van der Waals surface area contributed by atoms with E-state index >= 15 is 0 Å². The number of primary sulfonamides is 1. The van der Waals surface area contributed by atoms with Crippen LogP contribution in [0, 0.1) is 0 Å². The van der Waals surface area contributed by atoms with E-state index in [1.54, 1.807) is 13.1 Å². The quantitative estimate of drug-likeness (QED) is 0.877. The number of sulfonamides is 1. The molecule has 3 N–H and O–H groups in total. The Bertz CT molecular complexity index is 776. The Kier molecular flexibility index (Phi) is 5.36. The first-order valence-corrected chi connectivity index (χ1v) is 8.60. The average Bonchev–Trinajstić information content (AvgIpc) is 2.53. The normalized spacial score (nSPS) is 11.0. The number of anilines is 1. The highest BCUT2D eigenvalue weighted by Crippen LogP contribution is 2.14. The summed E-state index contributed by atoms with van der Waals surface area (Å²) in [4.78, 5) is 13.6. The minimum absolute atomic E-state index is 0.0396. The Hall–Kier alpha value is -2.38. The second kappa shape index (κ2) is 7.26. The fourth-order valence-electron chi connectivity index (χ4n) is 2.01. The Balaban J connectivity index is 1.96. The highest BCUT2D eigenvalue weighted by Gasteiger charge is 2.12. The molecule has 0 aliphatic rings. The molecule has 0 atom stereocenters. The molecule has 2 aromatic rings. The fraction of sp³-hybridized carbons (Fsp3) is 0.188. The molecule has 0 bridgehead atoms.